The molecular formula is C9H19N. The minimum atomic E-state index is 0.475. The van der Waals surface area contributed by atoms with Gasteiger partial charge >= 0.3 is 0 Å². The first-order chi connectivity index (χ1) is 4.83. The highest BCUT2D eigenvalue weighted by Crippen LogP contribution is 2.28. The molecule has 0 unspecified atom stereocenters. The summed E-state index contributed by atoms with van der Waals surface area (Å²) in [6.45, 7) is 2.18. The molecular weight excluding hydrogens is 122 g/mol. The molecule has 0 aromatic rings. The van der Waals surface area contributed by atoms with Crippen LogP contribution in [-0.4, -0.2) is 6.04 Å². The number of hydrogen-bond donors (Lipinski definition) is 1. The molecule has 1 heteroatoms. The first kappa shape index (κ1) is 8.06. The molecule has 0 bridgehead atoms. The minimum absolute atomic E-state index is 0.475. The van der Waals surface area contributed by atoms with Gasteiger partial charge in [-0.2, -0.15) is 0 Å². The van der Waals surface area contributed by atoms with Crippen LogP contribution >= 0.6 is 0 Å². The summed E-state index contributed by atoms with van der Waals surface area (Å²) >= 11 is 0. The fourth-order valence-corrected chi connectivity index (χ4v) is 1.84. The third-order valence-electron chi connectivity index (χ3n) is 2.64. The number of rotatable bonds is 3. The Morgan fingerprint density at radius 1 is 1.40 bits per heavy atom. The van der Waals surface area contributed by atoms with E-state index in [0.717, 1.165) is 12.3 Å². The van der Waals surface area contributed by atoms with Crippen LogP contribution in [0.2, 0.25) is 0 Å². The second-order valence-electron chi connectivity index (χ2n) is 3.55. The zero-order chi connectivity index (χ0) is 7.40. The predicted octanol–water partition coefficient (Wildman–Crippen LogP) is 2.30. The molecule has 0 radical (unpaired) electrons. The molecule has 0 aliphatic heterocycles. The Morgan fingerprint density at radius 3 is 2.50 bits per heavy atom. The predicted molar refractivity (Wildman–Crippen MR) is 44.8 cm³/mol. The van der Waals surface area contributed by atoms with Crippen LogP contribution in [0.5, 0.6) is 0 Å². The molecule has 0 heterocycles. The third-order valence-corrected chi connectivity index (χ3v) is 2.64. The third kappa shape index (κ3) is 2.30. The van der Waals surface area contributed by atoms with Gasteiger partial charge in [0.2, 0.25) is 0 Å². The molecule has 1 aliphatic carbocycles. The van der Waals surface area contributed by atoms with E-state index in [4.69, 9.17) is 5.73 Å². The molecule has 1 rings (SSSR count). The largest absolute Gasteiger partial charge is 0.328 e. The highest BCUT2D eigenvalue weighted by molar-refractivity contribution is 4.72. The zero-order valence-electron chi connectivity index (χ0n) is 6.97. The van der Waals surface area contributed by atoms with Crippen molar-refractivity contribution < 1.29 is 0 Å². The van der Waals surface area contributed by atoms with E-state index in [1.165, 1.54) is 32.1 Å². The van der Waals surface area contributed by atoms with E-state index in [2.05, 4.69) is 6.92 Å². The van der Waals surface area contributed by atoms with E-state index in [1.54, 1.807) is 0 Å². The van der Waals surface area contributed by atoms with Gasteiger partial charge in [0.1, 0.15) is 0 Å². The van der Waals surface area contributed by atoms with Gasteiger partial charge in [-0.15, -0.1) is 0 Å². The fraction of sp³-hybridized carbons (Fsp3) is 1.00. The van der Waals surface area contributed by atoms with Crippen LogP contribution in [0.4, 0.5) is 0 Å². The summed E-state index contributed by atoms with van der Waals surface area (Å²) < 4.78 is 0. The van der Waals surface area contributed by atoms with Gasteiger partial charge in [0, 0.05) is 6.04 Å². The number of nitrogens with two attached hydrogens (primary N) is 1. The van der Waals surface area contributed by atoms with Crippen molar-refractivity contribution in [3.05, 3.63) is 0 Å². The Bertz CT molecular complexity index is 84.7. The Labute approximate surface area is 64.0 Å². The van der Waals surface area contributed by atoms with Crippen molar-refractivity contribution in [2.24, 2.45) is 11.7 Å². The molecule has 0 aromatic carbocycles. The van der Waals surface area contributed by atoms with E-state index in [-0.39, 0.29) is 0 Å². The quantitative estimate of drug-likeness (QED) is 0.641. The standard InChI is InChI=1S/C9H19N/c1-2-9(10)7-8-5-3-4-6-8/h8-9H,2-7,10H2,1H3/t9-/m0/s1. The van der Waals surface area contributed by atoms with Crippen molar-refractivity contribution in [1.82, 2.24) is 0 Å². The molecule has 1 atom stereocenters. The zero-order valence-corrected chi connectivity index (χ0v) is 6.97. The molecule has 0 aromatic heterocycles. The maximum Gasteiger partial charge on any atom is 0.00388 e. The lowest BCUT2D eigenvalue weighted by Gasteiger charge is -2.13. The van der Waals surface area contributed by atoms with E-state index < -0.39 is 0 Å². The summed E-state index contributed by atoms with van der Waals surface area (Å²) in [6, 6.07) is 0.475. The van der Waals surface area contributed by atoms with Crippen LogP contribution < -0.4 is 5.73 Å². The van der Waals surface area contributed by atoms with Crippen LogP contribution in [-0.2, 0) is 0 Å². The highest BCUT2D eigenvalue weighted by atomic mass is 14.6. The highest BCUT2D eigenvalue weighted by Gasteiger charge is 2.16. The molecule has 1 fully saturated rings. The Kier molecular flexibility index (Phi) is 3.20. The lowest BCUT2D eigenvalue weighted by molar-refractivity contribution is 0.435. The second kappa shape index (κ2) is 3.97. The van der Waals surface area contributed by atoms with Crippen LogP contribution in [0.25, 0.3) is 0 Å². The molecule has 0 amide bonds. The van der Waals surface area contributed by atoms with E-state index >= 15 is 0 Å². The summed E-state index contributed by atoms with van der Waals surface area (Å²) in [5, 5.41) is 0. The second-order valence-corrected chi connectivity index (χ2v) is 3.55. The van der Waals surface area contributed by atoms with Crippen LogP contribution in [0.1, 0.15) is 45.4 Å². The van der Waals surface area contributed by atoms with Crippen molar-refractivity contribution in [3.63, 3.8) is 0 Å². The van der Waals surface area contributed by atoms with Gasteiger partial charge in [0.15, 0.2) is 0 Å². The molecule has 1 saturated carbocycles. The van der Waals surface area contributed by atoms with E-state index in [9.17, 15) is 0 Å². The number of hydrogen-bond acceptors (Lipinski definition) is 1. The van der Waals surface area contributed by atoms with Gasteiger partial charge < -0.3 is 5.73 Å². The summed E-state index contributed by atoms with van der Waals surface area (Å²) in [5.41, 5.74) is 5.85. The van der Waals surface area contributed by atoms with Gasteiger partial charge in [0.25, 0.3) is 0 Å². The average molecular weight is 141 g/mol. The SMILES string of the molecule is CC[C@H](N)CC1CCCC1. The maximum atomic E-state index is 5.85. The van der Waals surface area contributed by atoms with Gasteiger partial charge in [-0.3, -0.25) is 0 Å². The molecule has 0 spiro atoms. The Balaban J connectivity index is 2.11. The van der Waals surface area contributed by atoms with Crippen LogP contribution in [0.15, 0.2) is 0 Å². The van der Waals surface area contributed by atoms with E-state index in [0.29, 0.717) is 6.04 Å². The topological polar surface area (TPSA) is 26.0 Å². The first-order valence-corrected chi connectivity index (χ1v) is 4.58. The van der Waals surface area contributed by atoms with Gasteiger partial charge in [0.05, 0.1) is 0 Å². The lowest BCUT2D eigenvalue weighted by Crippen LogP contribution is -2.21. The van der Waals surface area contributed by atoms with Gasteiger partial charge in [-0.25, -0.2) is 0 Å². The molecule has 10 heavy (non-hydrogen) atoms. The van der Waals surface area contributed by atoms with Crippen molar-refractivity contribution in [2.45, 2.75) is 51.5 Å². The summed E-state index contributed by atoms with van der Waals surface area (Å²) in [4.78, 5) is 0. The van der Waals surface area contributed by atoms with Crippen LogP contribution in [0, 0.1) is 5.92 Å². The molecule has 1 aliphatic rings. The fourth-order valence-electron chi connectivity index (χ4n) is 1.84. The maximum absolute atomic E-state index is 5.85. The first-order valence-electron chi connectivity index (χ1n) is 4.58. The average Bonchev–Trinajstić information content (AvgIpc) is 2.40. The van der Waals surface area contributed by atoms with E-state index in [1.807, 2.05) is 0 Å². The Hall–Kier alpha value is -0.0400. The monoisotopic (exact) mass is 141 g/mol. The molecule has 0 saturated heterocycles. The summed E-state index contributed by atoms with van der Waals surface area (Å²) in [7, 11) is 0. The van der Waals surface area contributed by atoms with Crippen molar-refractivity contribution in [3.8, 4) is 0 Å². The summed E-state index contributed by atoms with van der Waals surface area (Å²) in [5.74, 6) is 0.968. The smallest absolute Gasteiger partial charge is 0.00388 e. The van der Waals surface area contributed by atoms with Crippen molar-refractivity contribution in [1.29, 1.82) is 0 Å². The minimum Gasteiger partial charge on any atom is -0.328 e. The van der Waals surface area contributed by atoms with Gasteiger partial charge in [-0.05, 0) is 18.8 Å². The Morgan fingerprint density at radius 2 is 2.00 bits per heavy atom. The molecule has 1 nitrogen and oxygen atoms in total. The normalized spacial score (nSPS) is 23.4. The van der Waals surface area contributed by atoms with Crippen LogP contribution in [0.3, 0.4) is 0 Å². The summed E-state index contributed by atoms with van der Waals surface area (Å²) in [6.07, 6.45) is 8.19. The van der Waals surface area contributed by atoms with Gasteiger partial charge in [-0.1, -0.05) is 32.6 Å². The molecule has 60 valence electrons. The van der Waals surface area contributed by atoms with Crippen molar-refractivity contribution in [2.75, 3.05) is 0 Å². The lowest BCUT2D eigenvalue weighted by atomic mass is 9.98. The van der Waals surface area contributed by atoms with Crippen molar-refractivity contribution >= 4 is 0 Å². The molecule has 2 N–H and O–H groups in total.